The molecule has 2 rings (SSSR count). The first-order chi connectivity index (χ1) is 11.1. The maximum atomic E-state index is 12.5. The summed E-state index contributed by atoms with van der Waals surface area (Å²) in [6.45, 7) is 2.07. The molecule has 0 saturated heterocycles. The molecule has 0 saturated carbocycles. The SMILES string of the molecule is COc1ccc2cc(C(C)C(=O)N(CCO)CCO)ccc2c1. The van der Waals surface area contributed by atoms with Crippen LogP contribution in [0.4, 0.5) is 0 Å². The van der Waals surface area contributed by atoms with E-state index in [0.717, 1.165) is 22.1 Å². The largest absolute Gasteiger partial charge is 0.497 e. The van der Waals surface area contributed by atoms with Crippen LogP contribution < -0.4 is 4.74 Å². The van der Waals surface area contributed by atoms with E-state index in [0.29, 0.717) is 0 Å². The fraction of sp³-hybridized carbons (Fsp3) is 0.389. The molecule has 124 valence electrons. The van der Waals surface area contributed by atoms with Crippen molar-refractivity contribution in [2.24, 2.45) is 0 Å². The summed E-state index contributed by atoms with van der Waals surface area (Å²) in [5.41, 5.74) is 0.911. The molecule has 0 bridgehead atoms. The monoisotopic (exact) mass is 317 g/mol. The van der Waals surface area contributed by atoms with Crippen molar-refractivity contribution in [1.82, 2.24) is 4.90 Å². The second-order valence-corrected chi connectivity index (χ2v) is 5.47. The maximum absolute atomic E-state index is 12.5. The number of carbonyl (C=O) groups is 1. The van der Waals surface area contributed by atoms with Gasteiger partial charge in [-0.15, -0.1) is 0 Å². The molecular weight excluding hydrogens is 294 g/mol. The molecule has 0 aliphatic rings. The number of ether oxygens (including phenoxy) is 1. The van der Waals surface area contributed by atoms with Crippen molar-refractivity contribution >= 4 is 16.7 Å². The molecule has 0 fully saturated rings. The number of rotatable bonds is 7. The highest BCUT2D eigenvalue weighted by atomic mass is 16.5. The predicted molar refractivity (Wildman–Crippen MR) is 89.7 cm³/mol. The second kappa shape index (κ2) is 7.94. The van der Waals surface area contributed by atoms with Gasteiger partial charge in [0.15, 0.2) is 0 Å². The quantitative estimate of drug-likeness (QED) is 0.816. The van der Waals surface area contributed by atoms with E-state index in [1.807, 2.05) is 43.3 Å². The number of aliphatic hydroxyl groups excluding tert-OH is 2. The van der Waals surface area contributed by atoms with Crippen LogP contribution >= 0.6 is 0 Å². The standard InChI is InChI=1S/C18H23NO4/c1-13(18(22)19(7-9-20)8-10-21)14-3-4-16-12-17(23-2)6-5-15(16)11-14/h3-6,11-13,20-21H,7-10H2,1-2H3. The Bertz CT molecular complexity index is 665. The highest BCUT2D eigenvalue weighted by Gasteiger charge is 2.21. The molecule has 0 radical (unpaired) electrons. The minimum absolute atomic E-state index is 0.0963. The first-order valence-electron chi connectivity index (χ1n) is 7.69. The van der Waals surface area contributed by atoms with Crippen molar-refractivity contribution in [3.05, 3.63) is 42.0 Å². The lowest BCUT2D eigenvalue weighted by Gasteiger charge is -2.24. The summed E-state index contributed by atoms with van der Waals surface area (Å²) >= 11 is 0. The lowest BCUT2D eigenvalue weighted by Crippen LogP contribution is -2.38. The normalized spacial score (nSPS) is 12.2. The molecule has 5 nitrogen and oxygen atoms in total. The van der Waals surface area contributed by atoms with Crippen molar-refractivity contribution in [2.45, 2.75) is 12.8 Å². The summed E-state index contributed by atoms with van der Waals surface area (Å²) in [4.78, 5) is 14.0. The molecule has 1 unspecified atom stereocenters. The molecule has 2 aromatic rings. The van der Waals surface area contributed by atoms with Gasteiger partial charge in [0, 0.05) is 13.1 Å². The van der Waals surface area contributed by atoms with Crippen LogP contribution in [0.3, 0.4) is 0 Å². The highest BCUT2D eigenvalue weighted by Crippen LogP contribution is 2.26. The van der Waals surface area contributed by atoms with Gasteiger partial charge in [-0.25, -0.2) is 0 Å². The molecule has 23 heavy (non-hydrogen) atoms. The Morgan fingerprint density at radius 2 is 1.70 bits per heavy atom. The summed E-state index contributed by atoms with van der Waals surface area (Å²) in [5, 5.41) is 20.2. The van der Waals surface area contributed by atoms with Gasteiger partial charge in [-0.3, -0.25) is 4.79 Å². The number of amides is 1. The van der Waals surface area contributed by atoms with Crippen LogP contribution in [0, 0.1) is 0 Å². The van der Waals surface area contributed by atoms with E-state index in [-0.39, 0.29) is 38.1 Å². The van der Waals surface area contributed by atoms with Gasteiger partial charge in [0.1, 0.15) is 5.75 Å². The zero-order chi connectivity index (χ0) is 16.8. The fourth-order valence-corrected chi connectivity index (χ4v) is 2.63. The number of carbonyl (C=O) groups excluding carboxylic acids is 1. The molecule has 0 spiro atoms. The minimum atomic E-state index is -0.334. The van der Waals surface area contributed by atoms with Crippen LogP contribution in [-0.2, 0) is 4.79 Å². The maximum Gasteiger partial charge on any atom is 0.229 e. The third-order valence-corrected chi connectivity index (χ3v) is 3.99. The Kier molecular flexibility index (Phi) is 5.96. The van der Waals surface area contributed by atoms with Crippen molar-refractivity contribution in [3.63, 3.8) is 0 Å². The number of fused-ring (bicyclic) bond motifs is 1. The summed E-state index contributed by atoms with van der Waals surface area (Å²) in [5.74, 6) is 0.368. The molecule has 0 heterocycles. The van der Waals surface area contributed by atoms with Crippen LogP contribution in [0.2, 0.25) is 0 Å². The molecule has 0 aromatic heterocycles. The third kappa shape index (κ3) is 4.00. The van der Waals surface area contributed by atoms with Crippen LogP contribution in [0.15, 0.2) is 36.4 Å². The molecule has 0 aliphatic carbocycles. The predicted octanol–water partition coefficient (Wildman–Crippen LogP) is 1.77. The average molecular weight is 317 g/mol. The van der Waals surface area contributed by atoms with Gasteiger partial charge in [0.25, 0.3) is 0 Å². The Balaban J connectivity index is 2.25. The fourth-order valence-electron chi connectivity index (χ4n) is 2.63. The Hall–Kier alpha value is -2.11. The summed E-state index contributed by atoms with van der Waals surface area (Å²) < 4.78 is 5.22. The molecule has 1 atom stereocenters. The molecule has 0 aliphatic heterocycles. The van der Waals surface area contributed by atoms with Gasteiger partial charge in [-0.1, -0.05) is 24.3 Å². The summed E-state index contributed by atoms with van der Waals surface area (Å²) in [6, 6.07) is 11.7. The second-order valence-electron chi connectivity index (χ2n) is 5.47. The lowest BCUT2D eigenvalue weighted by molar-refractivity contribution is -0.133. The summed E-state index contributed by atoms with van der Waals surface area (Å²) in [7, 11) is 1.63. The lowest BCUT2D eigenvalue weighted by atomic mass is 9.96. The van der Waals surface area contributed by atoms with Gasteiger partial charge in [0.05, 0.1) is 26.2 Å². The Morgan fingerprint density at radius 3 is 2.30 bits per heavy atom. The van der Waals surface area contributed by atoms with E-state index in [2.05, 4.69) is 0 Å². The van der Waals surface area contributed by atoms with Crippen LogP contribution in [0.1, 0.15) is 18.4 Å². The van der Waals surface area contributed by atoms with Crippen molar-refractivity contribution in [1.29, 1.82) is 0 Å². The van der Waals surface area contributed by atoms with Gasteiger partial charge in [0.2, 0.25) is 5.91 Å². The Morgan fingerprint density at radius 1 is 1.09 bits per heavy atom. The zero-order valence-corrected chi connectivity index (χ0v) is 13.5. The van der Waals surface area contributed by atoms with E-state index >= 15 is 0 Å². The van der Waals surface area contributed by atoms with Crippen molar-refractivity contribution in [2.75, 3.05) is 33.4 Å². The number of nitrogens with zero attached hydrogens (tertiary/aromatic N) is 1. The van der Waals surface area contributed by atoms with Crippen molar-refractivity contribution in [3.8, 4) is 5.75 Å². The Labute approximate surface area is 136 Å². The van der Waals surface area contributed by atoms with Gasteiger partial charge >= 0.3 is 0 Å². The summed E-state index contributed by atoms with van der Waals surface area (Å²) in [6.07, 6.45) is 0. The first-order valence-corrected chi connectivity index (χ1v) is 7.69. The minimum Gasteiger partial charge on any atom is -0.497 e. The van der Waals surface area contributed by atoms with Gasteiger partial charge in [-0.05, 0) is 35.4 Å². The number of aliphatic hydroxyl groups is 2. The van der Waals surface area contributed by atoms with E-state index in [9.17, 15) is 4.79 Å². The average Bonchev–Trinajstić information content (AvgIpc) is 2.59. The third-order valence-electron chi connectivity index (χ3n) is 3.99. The van der Waals surface area contributed by atoms with Gasteiger partial charge < -0.3 is 19.8 Å². The van der Waals surface area contributed by atoms with E-state index < -0.39 is 0 Å². The number of hydrogen-bond donors (Lipinski definition) is 2. The smallest absolute Gasteiger partial charge is 0.229 e. The number of hydrogen-bond acceptors (Lipinski definition) is 4. The van der Waals surface area contributed by atoms with Crippen LogP contribution in [0.25, 0.3) is 10.8 Å². The van der Waals surface area contributed by atoms with Crippen LogP contribution in [-0.4, -0.2) is 54.4 Å². The molecule has 5 heteroatoms. The number of benzene rings is 2. The van der Waals surface area contributed by atoms with Crippen LogP contribution in [0.5, 0.6) is 5.75 Å². The van der Waals surface area contributed by atoms with E-state index in [1.165, 1.54) is 4.90 Å². The highest BCUT2D eigenvalue weighted by molar-refractivity contribution is 5.88. The van der Waals surface area contributed by atoms with E-state index in [4.69, 9.17) is 14.9 Å². The first kappa shape index (κ1) is 17.2. The van der Waals surface area contributed by atoms with Gasteiger partial charge in [-0.2, -0.15) is 0 Å². The molecule has 1 amide bonds. The number of methoxy groups -OCH3 is 1. The zero-order valence-electron chi connectivity index (χ0n) is 13.5. The van der Waals surface area contributed by atoms with Crippen molar-refractivity contribution < 1.29 is 19.7 Å². The molecule has 2 aromatic carbocycles. The molecular formula is C18H23NO4. The topological polar surface area (TPSA) is 70.0 Å². The molecule has 2 N–H and O–H groups in total. The van der Waals surface area contributed by atoms with E-state index in [1.54, 1.807) is 7.11 Å².